The van der Waals surface area contributed by atoms with Crippen LogP contribution < -0.4 is 0 Å². The first-order chi connectivity index (χ1) is 11.0. The van der Waals surface area contributed by atoms with E-state index in [0.717, 1.165) is 6.54 Å². The van der Waals surface area contributed by atoms with E-state index in [-0.39, 0.29) is 0 Å². The van der Waals surface area contributed by atoms with Crippen molar-refractivity contribution >= 4 is 5.71 Å². The highest BCUT2D eigenvalue weighted by atomic mass is 15.1. The first kappa shape index (κ1) is 16.3. The van der Waals surface area contributed by atoms with Gasteiger partial charge in [-0.2, -0.15) is 0 Å². The van der Waals surface area contributed by atoms with Crippen molar-refractivity contribution in [2.75, 3.05) is 20.1 Å². The highest BCUT2D eigenvalue weighted by Crippen LogP contribution is 2.35. The van der Waals surface area contributed by atoms with E-state index in [1.165, 1.54) is 56.5 Å². The van der Waals surface area contributed by atoms with E-state index >= 15 is 0 Å². The van der Waals surface area contributed by atoms with Crippen LogP contribution in [0.5, 0.6) is 0 Å². The maximum atomic E-state index is 2.64. The standard InChI is InChI=1S/C21H31N2/c1-21(2)15-19(22(3)17-18-10-6-4-7-11-18)14-20(16-21)23-12-8-5-9-13-23/h4,6-7,10-11,14H,5,8-9,12-13,15-17H2,1-3H3/q+1. The third-order valence-electron chi connectivity index (χ3n) is 5.17. The largest absolute Gasteiger partial charge is 0.373 e. The third-order valence-corrected chi connectivity index (χ3v) is 5.17. The molecule has 23 heavy (non-hydrogen) atoms. The van der Waals surface area contributed by atoms with Crippen LogP contribution in [0.3, 0.4) is 0 Å². The second-order valence-electron chi connectivity index (χ2n) is 8.03. The molecule has 0 N–H and O–H groups in total. The number of hydrogen-bond donors (Lipinski definition) is 0. The Labute approximate surface area is 141 Å². The lowest BCUT2D eigenvalue weighted by atomic mass is 9.78. The fourth-order valence-electron chi connectivity index (χ4n) is 3.93. The van der Waals surface area contributed by atoms with E-state index in [0.29, 0.717) is 5.41 Å². The summed E-state index contributed by atoms with van der Waals surface area (Å²) in [6.45, 7) is 8.33. The molecule has 2 heteroatoms. The zero-order valence-electron chi connectivity index (χ0n) is 15.0. The molecule has 0 spiro atoms. The predicted molar refractivity (Wildman–Crippen MR) is 97.9 cm³/mol. The molecule has 0 bridgehead atoms. The first-order valence-corrected chi connectivity index (χ1v) is 9.10. The number of allylic oxidation sites excluding steroid dienone is 2. The molecule has 0 radical (unpaired) electrons. The maximum Gasteiger partial charge on any atom is 0.178 e. The molecule has 1 aliphatic heterocycles. The Kier molecular flexibility index (Phi) is 4.89. The predicted octanol–water partition coefficient (Wildman–Crippen LogP) is 4.46. The number of piperidine rings is 1. The van der Waals surface area contributed by atoms with Gasteiger partial charge < -0.3 is 4.90 Å². The number of hydrogen-bond acceptors (Lipinski definition) is 1. The van der Waals surface area contributed by atoms with Crippen molar-refractivity contribution in [1.29, 1.82) is 0 Å². The highest BCUT2D eigenvalue weighted by Gasteiger charge is 2.32. The SMILES string of the molecule is CN(Cc1ccccc1)C1=CC(=[N+]2CCCCC2)CC(C)(C)C1. The Morgan fingerprint density at radius 3 is 2.39 bits per heavy atom. The monoisotopic (exact) mass is 311 g/mol. The lowest BCUT2D eigenvalue weighted by Gasteiger charge is -2.34. The van der Waals surface area contributed by atoms with Crippen LogP contribution in [0.25, 0.3) is 0 Å². The number of nitrogens with zero attached hydrogens (tertiary/aromatic N) is 2. The molecule has 1 aromatic carbocycles. The molecule has 124 valence electrons. The summed E-state index contributed by atoms with van der Waals surface area (Å²) in [5.41, 5.74) is 4.81. The number of rotatable bonds is 3. The van der Waals surface area contributed by atoms with Crippen molar-refractivity contribution in [3.8, 4) is 0 Å². The van der Waals surface area contributed by atoms with Gasteiger partial charge in [-0.15, -0.1) is 0 Å². The zero-order chi connectivity index (χ0) is 16.3. The minimum absolute atomic E-state index is 0.363. The molecular weight excluding hydrogens is 280 g/mol. The molecule has 0 saturated carbocycles. The summed E-state index contributed by atoms with van der Waals surface area (Å²) < 4.78 is 2.64. The minimum Gasteiger partial charge on any atom is -0.373 e. The second kappa shape index (κ2) is 6.90. The normalized spacial score (nSPS) is 21.1. The molecule has 0 aromatic heterocycles. The molecule has 1 aliphatic carbocycles. The highest BCUT2D eigenvalue weighted by molar-refractivity contribution is 5.92. The van der Waals surface area contributed by atoms with Crippen LogP contribution in [0.2, 0.25) is 0 Å². The summed E-state index contributed by atoms with van der Waals surface area (Å²) >= 11 is 0. The summed E-state index contributed by atoms with van der Waals surface area (Å²) in [7, 11) is 2.24. The molecule has 0 atom stereocenters. The fraction of sp³-hybridized carbons (Fsp3) is 0.571. The van der Waals surface area contributed by atoms with Gasteiger partial charge in [-0.25, -0.2) is 4.58 Å². The number of benzene rings is 1. The van der Waals surface area contributed by atoms with Crippen LogP contribution in [-0.4, -0.2) is 35.3 Å². The van der Waals surface area contributed by atoms with Gasteiger partial charge in [-0.05, 0) is 23.8 Å². The van der Waals surface area contributed by atoms with Gasteiger partial charge in [-0.3, -0.25) is 0 Å². The first-order valence-electron chi connectivity index (χ1n) is 9.10. The zero-order valence-corrected chi connectivity index (χ0v) is 15.0. The van der Waals surface area contributed by atoms with Crippen LogP contribution in [0.1, 0.15) is 51.5 Å². The molecule has 1 heterocycles. The average molecular weight is 311 g/mol. The molecule has 2 nitrogen and oxygen atoms in total. The van der Waals surface area contributed by atoms with Crippen molar-refractivity contribution in [3.05, 3.63) is 47.7 Å². The van der Waals surface area contributed by atoms with Gasteiger partial charge in [0, 0.05) is 44.6 Å². The van der Waals surface area contributed by atoms with Crippen molar-refractivity contribution in [3.63, 3.8) is 0 Å². The second-order valence-corrected chi connectivity index (χ2v) is 8.03. The average Bonchev–Trinajstić information content (AvgIpc) is 2.55. The molecule has 3 rings (SSSR count). The molecule has 0 unspecified atom stereocenters. The molecule has 0 amide bonds. The lowest BCUT2D eigenvalue weighted by molar-refractivity contribution is -0.538. The summed E-state index contributed by atoms with van der Waals surface area (Å²) in [6, 6.07) is 10.8. The van der Waals surface area contributed by atoms with Crippen molar-refractivity contribution in [2.45, 2.75) is 52.5 Å². The smallest absolute Gasteiger partial charge is 0.178 e. The Hall–Kier alpha value is -1.57. The summed E-state index contributed by atoms with van der Waals surface area (Å²) in [5, 5.41) is 0. The van der Waals surface area contributed by atoms with Crippen LogP contribution in [0.4, 0.5) is 0 Å². The Bertz CT molecular complexity index is 588. The molecule has 1 saturated heterocycles. The molecule has 1 aromatic rings. The quantitative estimate of drug-likeness (QED) is 0.747. The van der Waals surface area contributed by atoms with Gasteiger partial charge in [0.15, 0.2) is 5.71 Å². The van der Waals surface area contributed by atoms with Gasteiger partial charge in [-0.1, -0.05) is 44.2 Å². The Morgan fingerprint density at radius 1 is 1.00 bits per heavy atom. The van der Waals surface area contributed by atoms with E-state index in [4.69, 9.17) is 0 Å². The van der Waals surface area contributed by atoms with E-state index in [2.05, 4.69) is 66.8 Å². The molecular formula is C21H31N2+. The van der Waals surface area contributed by atoms with Gasteiger partial charge in [0.1, 0.15) is 13.1 Å². The Balaban J connectivity index is 1.82. The summed E-state index contributed by atoms with van der Waals surface area (Å²) in [6.07, 6.45) is 8.99. The van der Waals surface area contributed by atoms with E-state index in [1.54, 1.807) is 5.71 Å². The Morgan fingerprint density at radius 2 is 1.70 bits per heavy atom. The van der Waals surface area contributed by atoms with E-state index in [9.17, 15) is 0 Å². The van der Waals surface area contributed by atoms with Crippen molar-refractivity contribution in [1.82, 2.24) is 4.90 Å². The van der Waals surface area contributed by atoms with E-state index < -0.39 is 0 Å². The summed E-state index contributed by atoms with van der Waals surface area (Å²) in [5.74, 6) is 0. The summed E-state index contributed by atoms with van der Waals surface area (Å²) in [4.78, 5) is 2.44. The van der Waals surface area contributed by atoms with Gasteiger partial charge in [0.2, 0.25) is 0 Å². The van der Waals surface area contributed by atoms with Gasteiger partial charge in [0.05, 0.1) is 0 Å². The van der Waals surface area contributed by atoms with Crippen molar-refractivity contribution in [2.24, 2.45) is 5.41 Å². The van der Waals surface area contributed by atoms with Crippen LogP contribution in [0, 0.1) is 5.41 Å². The van der Waals surface area contributed by atoms with Crippen molar-refractivity contribution < 1.29 is 4.58 Å². The van der Waals surface area contributed by atoms with Gasteiger partial charge >= 0.3 is 0 Å². The van der Waals surface area contributed by atoms with Gasteiger partial charge in [0.25, 0.3) is 0 Å². The topological polar surface area (TPSA) is 6.25 Å². The fourth-order valence-corrected chi connectivity index (χ4v) is 3.93. The maximum absolute atomic E-state index is 2.64. The van der Waals surface area contributed by atoms with Crippen LogP contribution in [0.15, 0.2) is 42.1 Å². The third kappa shape index (κ3) is 4.25. The molecule has 1 fully saturated rings. The minimum atomic E-state index is 0.363. The van der Waals surface area contributed by atoms with Crippen LogP contribution >= 0.6 is 0 Å². The van der Waals surface area contributed by atoms with Crippen LogP contribution in [-0.2, 0) is 6.54 Å². The molecule has 2 aliphatic rings. The van der Waals surface area contributed by atoms with E-state index in [1.807, 2.05) is 0 Å². The lowest BCUT2D eigenvalue weighted by Crippen LogP contribution is -2.35.